The first kappa shape index (κ1) is 26.3. The Balaban J connectivity index is 2.25. The lowest BCUT2D eigenvalue weighted by Gasteiger charge is -2.21. The number of esters is 1. The molecule has 0 bridgehead atoms. The molecular formula is C23H15ClF5NO4S. The molecule has 5 nitrogen and oxygen atoms in total. The zero-order valence-corrected chi connectivity index (χ0v) is 19.3. The molecule has 0 saturated carbocycles. The molecule has 1 aromatic heterocycles. The minimum absolute atomic E-state index is 0.0271. The van der Waals surface area contributed by atoms with Gasteiger partial charge >= 0.3 is 12.1 Å². The van der Waals surface area contributed by atoms with Gasteiger partial charge in [-0.2, -0.15) is 13.2 Å². The largest absolute Gasteiger partial charge is 0.466 e. The second-order valence-electron chi connectivity index (χ2n) is 7.10. The van der Waals surface area contributed by atoms with Gasteiger partial charge in [0.25, 0.3) is 0 Å². The molecular weight excluding hydrogens is 517 g/mol. The summed E-state index contributed by atoms with van der Waals surface area (Å²) in [5.41, 5.74) is -1.93. The van der Waals surface area contributed by atoms with E-state index in [4.69, 9.17) is 11.6 Å². The third kappa shape index (κ3) is 5.85. The normalized spacial score (nSPS) is 13.1. The number of hydrogen-bond acceptors (Lipinski definition) is 5. The molecule has 0 N–H and O–H groups in total. The van der Waals surface area contributed by atoms with E-state index in [2.05, 4.69) is 9.72 Å². The highest BCUT2D eigenvalue weighted by atomic mass is 35.5. The van der Waals surface area contributed by atoms with Gasteiger partial charge in [0.05, 0.1) is 28.3 Å². The number of halogens is 6. The van der Waals surface area contributed by atoms with Crippen molar-refractivity contribution in [2.75, 3.05) is 7.11 Å². The van der Waals surface area contributed by atoms with Gasteiger partial charge in [-0.3, -0.25) is 4.98 Å². The predicted octanol–water partition coefficient (Wildman–Crippen LogP) is 5.78. The average molecular weight is 532 g/mol. The summed E-state index contributed by atoms with van der Waals surface area (Å²) in [6.07, 6.45) is -1.51. The lowest BCUT2D eigenvalue weighted by molar-refractivity contribution is -0.137. The predicted molar refractivity (Wildman–Crippen MR) is 117 cm³/mol. The summed E-state index contributed by atoms with van der Waals surface area (Å²) in [5, 5.41) is -2.21. The molecule has 0 aliphatic heterocycles. The summed E-state index contributed by atoms with van der Waals surface area (Å²) in [6, 6.07) is 5.84. The van der Waals surface area contributed by atoms with Crippen LogP contribution in [0.5, 0.6) is 0 Å². The Labute approximate surface area is 201 Å². The maximum Gasteiger partial charge on any atom is 0.416 e. The molecule has 0 spiro atoms. The molecule has 0 aliphatic carbocycles. The number of hydrogen-bond donors (Lipinski definition) is 0. The van der Waals surface area contributed by atoms with Gasteiger partial charge in [-0.1, -0.05) is 11.6 Å². The number of rotatable bonds is 6. The van der Waals surface area contributed by atoms with Gasteiger partial charge in [0.15, 0.2) is 9.84 Å². The summed E-state index contributed by atoms with van der Waals surface area (Å²) in [4.78, 5) is 14.7. The Morgan fingerprint density at radius 1 is 1.06 bits per heavy atom. The molecule has 184 valence electrons. The van der Waals surface area contributed by atoms with Crippen molar-refractivity contribution in [2.45, 2.75) is 16.3 Å². The van der Waals surface area contributed by atoms with Crippen LogP contribution in [0.15, 0.2) is 65.7 Å². The van der Waals surface area contributed by atoms with Crippen LogP contribution in [0.2, 0.25) is 5.02 Å². The number of pyridine rings is 1. The minimum atomic E-state index is -4.72. The van der Waals surface area contributed by atoms with E-state index in [-0.39, 0.29) is 16.3 Å². The molecule has 0 amide bonds. The van der Waals surface area contributed by atoms with Crippen molar-refractivity contribution in [3.05, 3.63) is 99.8 Å². The van der Waals surface area contributed by atoms with Gasteiger partial charge in [0, 0.05) is 17.8 Å². The third-order valence-electron chi connectivity index (χ3n) is 4.84. The van der Waals surface area contributed by atoms with Crippen molar-refractivity contribution in [1.82, 2.24) is 4.98 Å². The van der Waals surface area contributed by atoms with Gasteiger partial charge in [0.1, 0.15) is 16.9 Å². The SMILES string of the molecule is COC(=O)C=Cc1cc(C(c2cc(F)ccc2F)S(=O)(=O)c2ccc(C(F)(F)F)cc2)c(Cl)cn1. The molecule has 0 fully saturated rings. The maximum absolute atomic E-state index is 14.8. The molecule has 35 heavy (non-hydrogen) atoms. The Morgan fingerprint density at radius 2 is 1.71 bits per heavy atom. The van der Waals surface area contributed by atoms with Gasteiger partial charge in [-0.25, -0.2) is 22.0 Å². The summed E-state index contributed by atoms with van der Waals surface area (Å²) in [7, 11) is -3.55. The van der Waals surface area contributed by atoms with E-state index in [0.717, 1.165) is 43.6 Å². The number of benzene rings is 2. The number of aromatic nitrogens is 1. The zero-order chi connectivity index (χ0) is 26.0. The fraction of sp³-hybridized carbons (Fsp3) is 0.130. The molecule has 0 aliphatic rings. The summed E-state index contributed by atoms with van der Waals surface area (Å²) < 4.78 is 99.3. The Bertz CT molecular complexity index is 1390. The standard InChI is InChI=1S/C23H15ClF5NO4S/c1-34-21(31)9-5-15-11-17(19(24)12-30-15)22(18-10-14(25)4-8-20(18)26)35(32,33)16-6-2-13(3-7-16)23(27,28)29/h2-12,22H,1H3. The second kappa shape index (κ2) is 10.1. The van der Waals surface area contributed by atoms with Gasteiger partial charge in [0.2, 0.25) is 0 Å². The van der Waals surface area contributed by atoms with Crippen molar-refractivity contribution in [1.29, 1.82) is 0 Å². The Morgan fingerprint density at radius 3 is 2.31 bits per heavy atom. The molecule has 0 saturated heterocycles. The first-order valence-electron chi connectivity index (χ1n) is 9.62. The summed E-state index contributed by atoms with van der Waals surface area (Å²) >= 11 is 6.19. The van der Waals surface area contributed by atoms with Gasteiger partial charge < -0.3 is 4.74 Å². The van der Waals surface area contributed by atoms with E-state index < -0.39 is 54.9 Å². The van der Waals surface area contributed by atoms with Crippen molar-refractivity contribution >= 4 is 33.5 Å². The van der Waals surface area contributed by atoms with Crippen LogP contribution in [0.4, 0.5) is 22.0 Å². The van der Waals surface area contributed by atoms with Crippen LogP contribution in [0, 0.1) is 11.6 Å². The monoisotopic (exact) mass is 531 g/mol. The van der Waals surface area contributed by atoms with Crippen LogP contribution in [0.1, 0.15) is 27.6 Å². The Kier molecular flexibility index (Phi) is 7.61. The van der Waals surface area contributed by atoms with Crippen LogP contribution >= 0.6 is 11.6 Å². The lowest BCUT2D eigenvalue weighted by atomic mass is 10.0. The van der Waals surface area contributed by atoms with E-state index in [1.165, 1.54) is 6.08 Å². The van der Waals surface area contributed by atoms with Gasteiger partial charge in [-0.05, 0) is 60.2 Å². The fourth-order valence-corrected chi connectivity index (χ4v) is 5.28. The lowest BCUT2D eigenvalue weighted by Crippen LogP contribution is -2.18. The number of sulfone groups is 1. The van der Waals surface area contributed by atoms with Crippen molar-refractivity contribution in [3.63, 3.8) is 0 Å². The third-order valence-corrected chi connectivity index (χ3v) is 7.21. The molecule has 1 unspecified atom stereocenters. The van der Waals surface area contributed by atoms with E-state index >= 15 is 0 Å². The number of methoxy groups -OCH3 is 1. The molecule has 1 heterocycles. The highest BCUT2D eigenvalue weighted by Crippen LogP contribution is 2.40. The maximum atomic E-state index is 14.8. The van der Waals surface area contributed by atoms with Crippen molar-refractivity contribution in [3.8, 4) is 0 Å². The van der Waals surface area contributed by atoms with E-state index in [9.17, 15) is 35.2 Å². The molecule has 2 aromatic carbocycles. The van der Waals surface area contributed by atoms with Crippen molar-refractivity contribution < 1.29 is 39.9 Å². The molecule has 12 heteroatoms. The van der Waals surface area contributed by atoms with E-state index in [1.807, 2.05) is 0 Å². The number of alkyl halides is 3. The van der Waals surface area contributed by atoms with Crippen LogP contribution in [0.3, 0.4) is 0 Å². The molecule has 3 aromatic rings. The number of carbonyl (C=O) groups is 1. The smallest absolute Gasteiger partial charge is 0.416 e. The number of ether oxygens (including phenoxy) is 1. The van der Waals surface area contributed by atoms with Crippen LogP contribution in [0.25, 0.3) is 6.08 Å². The van der Waals surface area contributed by atoms with E-state index in [0.29, 0.717) is 24.3 Å². The molecule has 3 rings (SSSR count). The highest BCUT2D eigenvalue weighted by molar-refractivity contribution is 7.92. The second-order valence-corrected chi connectivity index (χ2v) is 9.54. The molecule has 1 atom stereocenters. The topological polar surface area (TPSA) is 73.3 Å². The zero-order valence-electron chi connectivity index (χ0n) is 17.7. The first-order chi connectivity index (χ1) is 16.3. The van der Waals surface area contributed by atoms with Crippen LogP contribution in [-0.4, -0.2) is 26.5 Å². The Hall–Kier alpha value is -3.31. The summed E-state index contributed by atoms with van der Waals surface area (Å²) in [5.74, 6) is -2.79. The molecule has 0 radical (unpaired) electrons. The van der Waals surface area contributed by atoms with Crippen LogP contribution < -0.4 is 0 Å². The van der Waals surface area contributed by atoms with Crippen LogP contribution in [-0.2, 0) is 25.5 Å². The first-order valence-corrected chi connectivity index (χ1v) is 11.5. The number of carbonyl (C=O) groups excluding carboxylic acids is 1. The summed E-state index contributed by atoms with van der Waals surface area (Å²) in [6.45, 7) is 0. The van der Waals surface area contributed by atoms with Gasteiger partial charge in [-0.15, -0.1) is 0 Å². The fourth-order valence-electron chi connectivity index (χ4n) is 3.17. The number of nitrogens with zero attached hydrogens (tertiary/aromatic N) is 1. The highest BCUT2D eigenvalue weighted by Gasteiger charge is 2.36. The van der Waals surface area contributed by atoms with E-state index in [1.54, 1.807) is 0 Å². The minimum Gasteiger partial charge on any atom is -0.466 e. The van der Waals surface area contributed by atoms with Crippen molar-refractivity contribution in [2.24, 2.45) is 0 Å². The quantitative estimate of drug-likeness (QED) is 0.229. The average Bonchev–Trinajstić information content (AvgIpc) is 2.81.